The summed E-state index contributed by atoms with van der Waals surface area (Å²) in [5.41, 5.74) is 2.21. The number of carbonyl (C=O) groups is 1. The molecule has 0 radical (unpaired) electrons. The molecule has 0 unspecified atom stereocenters. The Morgan fingerprint density at radius 3 is 2.60 bits per heavy atom. The molecule has 0 saturated carbocycles. The quantitative estimate of drug-likeness (QED) is 0.344. The van der Waals surface area contributed by atoms with Gasteiger partial charge < -0.3 is 19.9 Å². The number of piperazine rings is 1. The van der Waals surface area contributed by atoms with E-state index >= 15 is 0 Å². The highest BCUT2D eigenvalue weighted by molar-refractivity contribution is 6.32. The molecular weight excluding hydrogens is 583 g/mol. The molecule has 2 aliphatic heterocycles. The number of nitrogens with one attached hydrogen (secondary N) is 1. The second-order valence-electron chi connectivity index (χ2n) is 10.5. The smallest absolute Gasteiger partial charge is 0.420 e. The number of ether oxygens (including phenoxy) is 1. The van der Waals surface area contributed by atoms with Gasteiger partial charge in [0.2, 0.25) is 5.91 Å². The predicted molar refractivity (Wildman–Crippen MR) is 156 cm³/mol. The molecular formula is C30H31ClF3N7O2. The van der Waals surface area contributed by atoms with Gasteiger partial charge in [0.1, 0.15) is 24.0 Å². The van der Waals surface area contributed by atoms with Crippen molar-refractivity contribution < 1.29 is 22.7 Å². The zero-order valence-electron chi connectivity index (χ0n) is 23.6. The first kappa shape index (κ1) is 30.4. The topological polar surface area (TPSA) is 97.6 Å². The minimum atomic E-state index is -4.61. The standard InChI is InChI=1S/C30H31ClF3N7O2/c1-20(42)40-12-10-39(11-13-40)8-2-14-43-28-6-4-22(15-25(28)30(32,33)34)38-29-24-7-9-41(18-27(24)36-19-37-29)23-5-3-21(17-35)26(31)16-23/h3-6,15-16,19H,2,7-14,18H2,1H3,(H,36,37,38). The summed E-state index contributed by atoms with van der Waals surface area (Å²) in [6.45, 7) is 6.24. The molecule has 0 aliphatic carbocycles. The van der Waals surface area contributed by atoms with Crippen molar-refractivity contribution in [1.82, 2.24) is 19.8 Å². The summed E-state index contributed by atoms with van der Waals surface area (Å²) in [5, 5.41) is 12.6. The highest BCUT2D eigenvalue weighted by Crippen LogP contribution is 2.39. The minimum Gasteiger partial charge on any atom is -0.493 e. The van der Waals surface area contributed by atoms with E-state index < -0.39 is 11.7 Å². The van der Waals surface area contributed by atoms with Crippen molar-refractivity contribution in [2.45, 2.75) is 32.5 Å². The number of benzene rings is 2. The minimum absolute atomic E-state index is 0.0530. The number of anilines is 3. The zero-order chi connectivity index (χ0) is 30.6. The third kappa shape index (κ3) is 7.29. The van der Waals surface area contributed by atoms with Crippen LogP contribution in [-0.4, -0.2) is 71.6 Å². The molecule has 2 aromatic carbocycles. The molecule has 3 heterocycles. The molecule has 0 atom stereocenters. The van der Waals surface area contributed by atoms with Gasteiger partial charge >= 0.3 is 6.18 Å². The summed E-state index contributed by atoms with van der Waals surface area (Å²) in [6.07, 6.45) is -2.09. The third-order valence-electron chi connectivity index (χ3n) is 7.69. The van der Waals surface area contributed by atoms with Crippen molar-refractivity contribution >= 4 is 34.7 Å². The number of halogens is 4. The molecule has 5 rings (SSSR count). The van der Waals surface area contributed by atoms with E-state index in [0.29, 0.717) is 62.0 Å². The number of rotatable bonds is 8. The third-order valence-corrected chi connectivity index (χ3v) is 8.00. The number of nitriles is 1. The van der Waals surface area contributed by atoms with Crippen molar-refractivity contribution in [3.05, 3.63) is 70.1 Å². The monoisotopic (exact) mass is 613 g/mol. The fourth-order valence-electron chi connectivity index (χ4n) is 5.32. The molecule has 2 aliphatic rings. The van der Waals surface area contributed by atoms with Gasteiger partial charge in [0.15, 0.2) is 0 Å². The van der Waals surface area contributed by atoms with Crippen molar-refractivity contribution in [3.63, 3.8) is 0 Å². The normalized spacial score (nSPS) is 15.5. The van der Waals surface area contributed by atoms with Gasteiger partial charge in [0.25, 0.3) is 0 Å². The van der Waals surface area contributed by atoms with E-state index in [1.807, 2.05) is 12.1 Å². The molecule has 1 saturated heterocycles. The number of fused-ring (bicyclic) bond motifs is 1. The van der Waals surface area contributed by atoms with Crippen LogP contribution in [0.3, 0.4) is 0 Å². The molecule has 1 amide bonds. The molecule has 3 aromatic rings. The molecule has 43 heavy (non-hydrogen) atoms. The Balaban J connectivity index is 1.23. The van der Waals surface area contributed by atoms with Gasteiger partial charge in [-0.05, 0) is 49.2 Å². The number of nitrogens with zero attached hydrogens (tertiary/aromatic N) is 6. The number of alkyl halides is 3. The van der Waals surface area contributed by atoms with Crippen LogP contribution in [0.1, 0.15) is 35.7 Å². The Morgan fingerprint density at radius 1 is 1.12 bits per heavy atom. The van der Waals surface area contributed by atoms with Crippen molar-refractivity contribution in [3.8, 4) is 11.8 Å². The van der Waals surface area contributed by atoms with Gasteiger partial charge in [0.05, 0.1) is 35.0 Å². The SMILES string of the molecule is CC(=O)N1CCN(CCCOc2ccc(Nc3ncnc4c3CCN(c3ccc(C#N)c(Cl)c3)C4)cc2C(F)(F)F)CC1. The van der Waals surface area contributed by atoms with Gasteiger partial charge in [-0.25, -0.2) is 9.97 Å². The van der Waals surface area contributed by atoms with Gasteiger partial charge in [-0.15, -0.1) is 0 Å². The van der Waals surface area contributed by atoms with Crippen LogP contribution < -0.4 is 15.0 Å². The Bertz CT molecular complexity index is 1520. The highest BCUT2D eigenvalue weighted by atomic mass is 35.5. The lowest BCUT2D eigenvalue weighted by Crippen LogP contribution is -2.48. The van der Waals surface area contributed by atoms with Crippen LogP contribution in [0.15, 0.2) is 42.7 Å². The maximum Gasteiger partial charge on any atom is 0.420 e. The Kier molecular flexibility index (Phi) is 9.22. The fraction of sp³-hybridized carbons (Fsp3) is 0.400. The predicted octanol–water partition coefficient (Wildman–Crippen LogP) is 5.26. The van der Waals surface area contributed by atoms with Crippen molar-refractivity contribution in [2.75, 3.05) is 56.1 Å². The lowest BCUT2D eigenvalue weighted by molar-refractivity contribution is -0.139. The lowest BCUT2D eigenvalue weighted by atomic mass is 10.0. The Morgan fingerprint density at radius 2 is 1.91 bits per heavy atom. The van der Waals surface area contributed by atoms with Gasteiger partial charge in [-0.2, -0.15) is 18.4 Å². The molecule has 1 fully saturated rings. The summed E-state index contributed by atoms with van der Waals surface area (Å²) < 4.78 is 47.6. The van der Waals surface area contributed by atoms with E-state index in [4.69, 9.17) is 21.6 Å². The molecule has 13 heteroatoms. The average molecular weight is 614 g/mol. The Labute approximate surface area is 252 Å². The van der Waals surface area contributed by atoms with Gasteiger partial charge in [-0.1, -0.05) is 11.6 Å². The van der Waals surface area contributed by atoms with Crippen molar-refractivity contribution in [1.29, 1.82) is 5.26 Å². The number of hydrogen-bond donors (Lipinski definition) is 1. The van der Waals surface area contributed by atoms with Crippen LogP contribution in [0.25, 0.3) is 0 Å². The summed E-state index contributed by atoms with van der Waals surface area (Å²) in [7, 11) is 0. The first-order valence-electron chi connectivity index (χ1n) is 14.0. The maximum atomic E-state index is 14.0. The van der Waals surface area contributed by atoms with Crippen LogP contribution in [0.5, 0.6) is 5.75 Å². The number of amides is 1. The molecule has 0 spiro atoms. The highest BCUT2D eigenvalue weighted by Gasteiger charge is 2.35. The first-order chi connectivity index (χ1) is 20.6. The van der Waals surface area contributed by atoms with E-state index in [0.717, 1.165) is 36.1 Å². The van der Waals surface area contributed by atoms with Crippen LogP contribution in [0, 0.1) is 11.3 Å². The molecule has 1 N–H and O–H groups in total. The van der Waals surface area contributed by atoms with Crippen LogP contribution in [0.4, 0.5) is 30.4 Å². The zero-order valence-corrected chi connectivity index (χ0v) is 24.4. The largest absolute Gasteiger partial charge is 0.493 e. The molecule has 9 nitrogen and oxygen atoms in total. The second-order valence-corrected chi connectivity index (χ2v) is 10.9. The summed E-state index contributed by atoms with van der Waals surface area (Å²) in [5.74, 6) is 0.285. The van der Waals surface area contributed by atoms with E-state index in [1.54, 1.807) is 30.0 Å². The fourth-order valence-corrected chi connectivity index (χ4v) is 5.54. The van der Waals surface area contributed by atoms with E-state index in [-0.39, 0.29) is 24.0 Å². The van der Waals surface area contributed by atoms with E-state index in [2.05, 4.69) is 25.1 Å². The van der Waals surface area contributed by atoms with Gasteiger partial charge in [0, 0.05) is 63.1 Å². The lowest BCUT2D eigenvalue weighted by Gasteiger charge is -2.34. The number of carbonyl (C=O) groups excluding carboxylic acids is 1. The van der Waals surface area contributed by atoms with E-state index in [9.17, 15) is 18.0 Å². The maximum absolute atomic E-state index is 14.0. The average Bonchev–Trinajstić information content (AvgIpc) is 2.99. The number of hydrogen-bond acceptors (Lipinski definition) is 8. The molecule has 1 aromatic heterocycles. The summed E-state index contributed by atoms with van der Waals surface area (Å²) in [4.78, 5) is 26.3. The summed E-state index contributed by atoms with van der Waals surface area (Å²) in [6, 6.07) is 11.2. The summed E-state index contributed by atoms with van der Waals surface area (Å²) >= 11 is 6.21. The first-order valence-corrected chi connectivity index (χ1v) is 14.4. The van der Waals surface area contributed by atoms with Crippen LogP contribution >= 0.6 is 11.6 Å². The number of aromatic nitrogens is 2. The Hall–Kier alpha value is -4.08. The van der Waals surface area contributed by atoms with Crippen molar-refractivity contribution in [2.24, 2.45) is 0 Å². The molecule has 0 bridgehead atoms. The molecule has 226 valence electrons. The second kappa shape index (κ2) is 13.1. The van der Waals surface area contributed by atoms with E-state index in [1.165, 1.54) is 12.4 Å². The van der Waals surface area contributed by atoms with Crippen LogP contribution in [0.2, 0.25) is 5.02 Å². The van der Waals surface area contributed by atoms with Crippen LogP contribution in [-0.2, 0) is 23.9 Å². The van der Waals surface area contributed by atoms with Gasteiger partial charge in [-0.3, -0.25) is 9.69 Å².